The van der Waals surface area contributed by atoms with Crippen molar-refractivity contribution < 1.29 is 4.74 Å². The van der Waals surface area contributed by atoms with E-state index in [0.29, 0.717) is 6.54 Å². The summed E-state index contributed by atoms with van der Waals surface area (Å²) in [6, 6.07) is 16.3. The van der Waals surface area contributed by atoms with E-state index >= 15 is 0 Å². The van der Waals surface area contributed by atoms with Gasteiger partial charge in [0.15, 0.2) is 11.5 Å². The highest BCUT2D eigenvalue weighted by Gasteiger charge is 2.13. The zero-order chi connectivity index (χ0) is 19.5. The van der Waals surface area contributed by atoms with E-state index in [2.05, 4.69) is 36.7 Å². The van der Waals surface area contributed by atoms with Gasteiger partial charge in [0.2, 0.25) is 0 Å². The highest BCUT2D eigenvalue weighted by molar-refractivity contribution is 5.79. The zero-order valence-corrected chi connectivity index (χ0v) is 16.3. The van der Waals surface area contributed by atoms with E-state index in [1.165, 1.54) is 0 Å². The second-order valence-corrected chi connectivity index (χ2v) is 6.73. The van der Waals surface area contributed by atoms with Crippen LogP contribution in [0, 0.1) is 0 Å². The number of imidazole rings is 1. The summed E-state index contributed by atoms with van der Waals surface area (Å²) >= 11 is 0. The van der Waals surface area contributed by atoms with Crippen LogP contribution < -0.4 is 15.0 Å². The first-order valence-corrected chi connectivity index (χ1v) is 9.13. The molecule has 2 aromatic carbocycles. The second-order valence-electron chi connectivity index (χ2n) is 6.73. The summed E-state index contributed by atoms with van der Waals surface area (Å²) in [6.07, 6.45) is 5.67. The Balaban J connectivity index is 1.66. The number of hydrogen-bond donors (Lipinski definition) is 1. The van der Waals surface area contributed by atoms with Gasteiger partial charge in [-0.05, 0) is 23.8 Å². The minimum absolute atomic E-state index is 0.660. The number of ether oxygens (including phenoxy) is 1. The molecule has 0 fully saturated rings. The predicted octanol–water partition coefficient (Wildman–Crippen LogP) is 4.08. The first-order chi connectivity index (χ1) is 13.7. The van der Waals surface area contributed by atoms with E-state index in [1.54, 1.807) is 13.3 Å². The molecule has 4 rings (SSSR count). The molecule has 0 bridgehead atoms. The van der Waals surface area contributed by atoms with Crippen LogP contribution in [0.15, 0.2) is 67.1 Å². The van der Waals surface area contributed by atoms with Crippen molar-refractivity contribution in [2.45, 2.75) is 6.54 Å². The zero-order valence-electron chi connectivity index (χ0n) is 16.3. The van der Waals surface area contributed by atoms with E-state index in [9.17, 15) is 0 Å². The Morgan fingerprint density at radius 1 is 1.04 bits per heavy atom. The van der Waals surface area contributed by atoms with Crippen LogP contribution >= 0.6 is 0 Å². The highest BCUT2D eigenvalue weighted by Crippen LogP contribution is 2.31. The molecule has 0 saturated carbocycles. The van der Waals surface area contributed by atoms with Crippen molar-refractivity contribution in [1.82, 2.24) is 14.4 Å². The van der Waals surface area contributed by atoms with Gasteiger partial charge in [0.05, 0.1) is 19.0 Å². The van der Waals surface area contributed by atoms with E-state index in [4.69, 9.17) is 4.74 Å². The minimum atomic E-state index is 0.660. The molecule has 1 N–H and O–H groups in total. The number of nitrogens with zero attached hydrogens (tertiary/aromatic N) is 4. The third-order valence-corrected chi connectivity index (χ3v) is 4.71. The molecule has 4 aromatic rings. The van der Waals surface area contributed by atoms with Crippen molar-refractivity contribution in [3.63, 3.8) is 0 Å². The lowest BCUT2D eigenvalue weighted by atomic mass is 10.1. The number of para-hydroxylation sites is 1. The maximum Gasteiger partial charge on any atom is 0.180 e. The third kappa shape index (κ3) is 3.36. The van der Waals surface area contributed by atoms with Crippen LogP contribution in [0.5, 0.6) is 5.75 Å². The van der Waals surface area contributed by atoms with Gasteiger partial charge in [-0.3, -0.25) is 4.40 Å². The Hall–Kier alpha value is -3.54. The fourth-order valence-corrected chi connectivity index (χ4v) is 3.25. The largest absolute Gasteiger partial charge is 0.497 e. The number of rotatable bonds is 6. The lowest BCUT2D eigenvalue weighted by Crippen LogP contribution is -2.11. The molecule has 142 valence electrons. The molecule has 0 atom stereocenters. The van der Waals surface area contributed by atoms with Crippen molar-refractivity contribution >= 4 is 17.2 Å². The van der Waals surface area contributed by atoms with Crippen molar-refractivity contribution in [3.8, 4) is 17.0 Å². The van der Waals surface area contributed by atoms with Gasteiger partial charge < -0.3 is 15.0 Å². The number of aromatic nitrogens is 3. The van der Waals surface area contributed by atoms with Gasteiger partial charge in [-0.15, -0.1) is 0 Å². The van der Waals surface area contributed by atoms with Crippen LogP contribution in [0.1, 0.15) is 5.56 Å². The van der Waals surface area contributed by atoms with Crippen molar-refractivity contribution in [3.05, 3.63) is 72.7 Å². The number of fused-ring (bicyclic) bond motifs is 1. The maximum absolute atomic E-state index is 5.21. The molecule has 0 aliphatic rings. The average molecular weight is 373 g/mol. The fourth-order valence-electron chi connectivity index (χ4n) is 3.25. The normalized spacial score (nSPS) is 10.8. The van der Waals surface area contributed by atoms with E-state index < -0.39 is 0 Å². The Labute approximate surface area is 164 Å². The first kappa shape index (κ1) is 17.9. The summed E-state index contributed by atoms with van der Waals surface area (Å²) in [5.74, 6) is 1.60. The number of benzene rings is 2. The van der Waals surface area contributed by atoms with Gasteiger partial charge in [0.1, 0.15) is 5.75 Å². The Morgan fingerprint density at radius 3 is 2.57 bits per heavy atom. The summed E-state index contributed by atoms with van der Waals surface area (Å²) in [7, 11) is 5.76. The molecule has 0 spiro atoms. The molecule has 6 heteroatoms. The highest BCUT2D eigenvalue weighted by atomic mass is 16.5. The van der Waals surface area contributed by atoms with Crippen LogP contribution in [0.3, 0.4) is 0 Å². The minimum Gasteiger partial charge on any atom is -0.497 e. The molecule has 6 nitrogen and oxygen atoms in total. The lowest BCUT2D eigenvalue weighted by Gasteiger charge is -2.18. The average Bonchev–Trinajstić information content (AvgIpc) is 3.22. The van der Waals surface area contributed by atoms with Crippen LogP contribution in [-0.4, -0.2) is 35.6 Å². The van der Waals surface area contributed by atoms with Crippen molar-refractivity contribution in [2.75, 3.05) is 31.4 Å². The van der Waals surface area contributed by atoms with E-state index in [1.807, 2.05) is 62.9 Å². The Morgan fingerprint density at radius 2 is 1.82 bits per heavy atom. The lowest BCUT2D eigenvalue weighted by molar-refractivity contribution is 0.414. The fraction of sp³-hybridized carbons (Fsp3) is 0.182. The van der Waals surface area contributed by atoms with E-state index in [0.717, 1.165) is 39.7 Å². The molecule has 28 heavy (non-hydrogen) atoms. The molecule has 0 aliphatic heterocycles. The maximum atomic E-state index is 5.21. The molecule has 2 heterocycles. The standard InChI is InChI=1S/C22H23N5O/c1-26(2)19-7-5-4-6-18(19)20-15-25-21(22-23-12-13-27(20)22)24-14-16-8-10-17(28-3)11-9-16/h4-13,15H,14H2,1-3H3,(H,24,25). The van der Waals surface area contributed by atoms with Gasteiger partial charge in [-0.1, -0.05) is 30.3 Å². The summed E-state index contributed by atoms with van der Waals surface area (Å²) in [5.41, 5.74) is 5.21. The smallest absolute Gasteiger partial charge is 0.180 e. The SMILES string of the molecule is COc1ccc(CNc2ncc(-c3ccccc3N(C)C)n3ccnc23)cc1. The molecule has 0 radical (unpaired) electrons. The number of anilines is 2. The van der Waals surface area contributed by atoms with Crippen LogP contribution in [-0.2, 0) is 6.54 Å². The van der Waals surface area contributed by atoms with Crippen LogP contribution in [0.25, 0.3) is 16.9 Å². The monoisotopic (exact) mass is 373 g/mol. The molecule has 0 aliphatic carbocycles. The number of methoxy groups -OCH3 is 1. The Bertz CT molecular complexity index is 1090. The quantitative estimate of drug-likeness (QED) is 0.552. The molecular weight excluding hydrogens is 350 g/mol. The number of nitrogens with one attached hydrogen (secondary N) is 1. The van der Waals surface area contributed by atoms with Crippen molar-refractivity contribution in [2.24, 2.45) is 0 Å². The molecular formula is C22H23N5O. The molecule has 0 amide bonds. The molecule has 0 saturated heterocycles. The first-order valence-electron chi connectivity index (χ1n) is 9.13. The van der Waals surface area contributed by atoms with Gasteiger partial charge in [0, 0.05) is 44.3 Å². The predicted molar refractivity (Wildman–Crippen MR) is 113 cm³/mol. The second kappa shape index (κ2) is 7.60. The van der Waals surface area contributed by atoms with E-state index in [-0.39, 0.29) is 0 Å². The Kier molecular flexibility index (Phi) is 4.85. The van der Waals surface area contributed by atoms with Crippen LogP contribution in [0.4, 0.5) is 11.5 Å². The summed E-state index contributed by atoms with van der Waals surface area (Å²) in [4.78, 5) is 11.3. The van der Waals surface area contributed by atoms with Gasteiger partial charge in [0.25, 0.3) is 0 Å². The van der Waals surface area contributed by atoms with Crippen LogP contribution in [0.2, 0.25) is 0 Å². The molecule has 0 unspecified atom stereocenters. The van der Waals surface area contributed by atoms with Crippen molar-refractivity contribution in [1.29, 1.82) is 0 Å². The number of hydrogen-bond acceptors (Lipinski definition) is 5. The van der Waals surface area contributed by atoms with Gasteiger partial charge in [-0.2, -0.15) is 0 Å². The van der Waals surface area contributed by atoms with Gasteiger partial charge >= 0.3 is 0 Å². The molecule has 2 aromatic heterocycles. The summed E-state index contributed by atoms with van der Waals surface area (Å²) in [6.45, 7) is 0.660. The third-order valence-electron chi connectivity index (χ3n) is 4.71. The van der Waals surface area contributed by atoms with Gasteiger partial charge in [-0.25, -0.2) is 9.97 Å². The summed E-state index contributed by atoms with van der Waals surface area (Å²) in [5, 5.41) is 3.40. The summed E-state index contributed by atoms with van der Waals surface area (Å²) < 4.78 is 7.29. The topological polar surface area (TPSA) is 54.7 Å².